The van der Waals surface area contributed by atoms with E-state index >= 15 is 0 Å². The number of amides is 1. The average molecular weight is 422 g/mol. The molecule has 2 heterocycles. The standard InChI is InChI=1S/C28H27N3O/c1-18-7-4-8-21(15-18)22-12-13-28-24(17-22)27(16-19(2)31(28)20(3)32)30-26-11-5-10-25-23(26)9-6-14-29-25/h4-15,17,19,27,30H,16H2,1-3H3/t19-,27+/m0/s1. The van der Waals surface area contributed by atoms with Crippen LogP contribution in [0.1, 0.15) is 37.4 Å². The maximum atomic E-state index is 12.5. The van der Waals surface area contributed by atoms with Crippen LogP contribution >= 0.6 is 0 Å². The van der Waals surface area contributed by atoms with Crippen molar-refractivity contribution in [2.75, 3.05) is 10.2 Å². The van der Waals surface area contributed by atoms with Crippen molar-refractivity contribution >= 4 is 28.2 Å². The van der Waals surface area contributed by atoms with E-state index in [4.69, 9.17) is 0 Å². The van der Waals surface area contributed by atoms with Gasteiger partial charge in [0, 0.05) is 35.9 Å². The first-order valence-electron chi connectivity index (χ1n) is 11.1. The van der Waals surface area contributed by atoms with Gasteiger partial charge in [-0.1, -0.05) is 42.0 Å². The third kappa shape index (κ3) is 3.62. The van der Waals surface area contributed by atoms with E-state index in [1.54, 1.807) is 6.92 Å². The molecule has 0 aliphatic carbocycles. The summed E-state index contributed by atoms with van der Waals surface area (Å²) in [6.07, 6.45) is 2.66. The Bertz CT molecular complexity index is 1310. The van der Waals surface area contributed by atoms with E-state index in [9.17, 15) is 4.79 Å². The number of nitrogens with zero attached hydrogens (tertiary/aromatic N) is 2. The third-order valence-corrected chi connectivity index (χ3v) is 6.35. The summed E-state index contributed by atoms with van der Waals surface area (Å²) in [7, 11) is 0. The predicted octanol–water partition coefficient (Wildman–Crippen LogP) is 6.51. The molecule has 5 rings (SSSR count). The lowest BCUT2D eigenvalue weighted by atomic mass is 9.88. The van der Waals surface area contributed by atoms with Crippen molar-refractivity contribution in [3.63, 3.8) is 0 Å². The van der Waals surface area contributed by atoms with Gasteiger partial charge in [0.25, 0.3) is 0 Å². The molecule has 0 saturated heterocycles. The molecule has 2 atom stereocenters. The predicted molar refractivity (Wildman–Crippen MR) is 132 cm³/mol. The lowest BCUT2D eigenvalue weighted by molar-refractivity contribution is -0.117. The molecule has 1 aliphatic rings. The van der Waals surface area contributed by atoms with Crippen LogP contribution in [0.5, 0.6) is 0 Å². The number of fused-ring (bicyclic) bond motifs is 2. The van der Waals surface area contributed by atoms with E-state index in [1.807, 2.05) is 29.3 Å². The number of aryl methyl sites for hydroxylation is 1. The number of benzene rings is 3. The second kappa shape index (κ2) is 8.12. The van der Waals surface area contributed by atoms with E-state index in [2.05, 4.69) is 78.7 Å². The Kier molecular flexibility index (Phi) is 5.14. The summed E-state index contributed by atoms with van der Waals surface area (Å²) in [4.78, 5) is 18.9. The number of hydrogen-bond donors (Lipinski definition) is 1. The van der Waals surface area contributed by atoms with Crippen LogP contribution < -0.4 is 10.2 Å². The summed E-state index contributed by atoms with van der Waals surface area (Å²) in [5.41, 5.74) is 7.76. The van der Waals surface area contributed by atoms with Crippen molar-refractivity contribution in [1.29, 1.82) is 0 Å². The average Bonchev–Trinajstić information content (AvgIpc) is 2.79. The third-order valence-electron chi connectivity index (χ3n) is 6.35. The van der Waals surface area contributed by atoms with Gasteiger partial charge in [0.05, 0.1) is 11.6 Å². The zero-order valence-corrected chi connectivity index (χ0v) is 18.7. The summed E-state index contributed by atoms with van der Waals surface area (Å²) >= 11 is 0. The Morgan fingerprint density at radius 2 is 1.81 bits per heavy atom. The summed E-state index contributed by atoms with van der Waals surface area (Å²) in [6.45, 7) is 5.89. The molecule has 1 aromatic heterocycles. The smallest absolute Gasteiger partial charge is 0.224 e. The van der Waals surface area contributed by atoms with Gasteiger partial charge >= 0.3 is 0 Å². The minimum Gasteiger partial charge on any atom is -0.378 e. The van der Waals surface area contributed by atoms with Crippen LogP contribution in [0, 0.1) is 6.92 Å². The van der Waals surface area contributed by atoms with E-state index in [-0.39, 0.29) is 18.0 Å². The van der Waals surface area contributed by atoms with E-state index in [1.165, 1.54) is 11.1 Å². The number of hydrogen-bond acceptors (Lipinski definition) is 3. The molecule has 0 spiro atoms. The lowest BCUT2D eigenvalue weighted by Gasteiger charge is -2.40. The van der Waals surface area contributed by atoms with E-state index < -0.39 is 0 Å². The van der Waals surface area contributed by atoms with Crippen LogP contribution in [0.3, 0.4) is 0 Å². The lowest BCUT2D eigenvalue weighted by Crippen LogP contribution is -2.43. The molecule has 4 nitrogen and oxygen atoms in total. The van der Waals surface area contributed by atoms with Gasteiger partial charge in [-0.05, 0) is 73.4 Å². The molecular formula is C28H27N3O. The largest absolute Gasteiger partial charge is 0.378 e. The number of nitrogens with one attached hydrogen (secondary N) is 1. The molecule has 0 saturated carbocycles. The Balaban J connectivity index is 1.62. The number of aromatic nitrogens is 1. The van der Waals surface area contributed by atoms with Crippen LogP contribution in [0.15, 0.2) is 79.0 Å². The zero-order valence-electron chi connectivity index (χ0n) is 18.7. The number of anilines is 2. The molecule has 32 heavy (non-hydrogen) atoms. The molecule has 4 aromatic rings. The van der Waals surface area contributed by atoms with Crippen molar-refractivity contribution in [2.45, 2.75) is 39.3 Å². The minimum absolute atomic E-state index is 0.0786. The fraction of sp³-hybridized carbons (Fsp3) is 0.214. The molecule has 1 amide bonds. The number of rotatable bonds is 3. The molecule has 3 aromatic carbocycles. The zero-order chi connectivity index (χ0) is 22.2. The second-order valence-electron chi connectivity index (χ2n) is 8.69. The van der Waals surface area contributed by atoms with Gasteiger partial charge in [-0.2, -0.15) is 0 Å². The normalized spacial score (nSPS) is 17.8. The first-order chi connectivity index (χ1) is 15.5. The minimum atomic E-state index is 0.0786. The molecule has 160 valence electrons. The molecule has 0 unspecified atom stereocenters. The monoisotopic (exact) mass is 421 g/mol. The van der Waals surface area contributed by atoms with E-state index in [0.717, 1.165) is 39.8 Å². The van der Waals surface area contributed by atoms with Crippen molar-refractivity contribution < 1.29 is 4.79 Å². The highest BCUT2D eigenvalue weighted by molar-refractivity contribution is 5.95. The molecule has 0 fully saturated rings. The maximum Gasteiger partial charge on any atom is 0.224 e. The van der Waals surface area contributed by atoms with Gasteiger partial charge in [0.15, 0.2) is 0 Å². The van der Waals surface area contributed by atoms with Crippen molar-refractivity contribution in [1.82, 2.24) is 4.98 Å². The van der Waals surface area contributed by atoms with Crippen LogP contribution in [0.4, 0.5) is 11.4 Å². The Labute approximate surface area is 188 Å². The molecule has 0 radical (unpaired) electrons. The SMILES string of the molecule is CC(=O)N1c2ccc(-c3cccc(C)c3)cc2[C@H](Nc2cccc3ncccc23)C[C@@H]1C. The van der Waals surface area contributed by atoms with Crippen LogP contribution in [-0.2, 0) is 4.79 Å². The highest BCUT2D eigenvalue weighted by Gasteiger charge is 2.32. The number of carbonyl (C=O) groups is 1. The van der Waals surface area contributed by atoms with Crippen molar-refractivity contribution in [3.05, 3.63) is 90.1 Å². The maximum absolute atomic E-state index is 12.5. The summed E-state index contributed by atoms with van der Waals surface area (Å²) in [6, 6.07) is 25.5. The van der Waals surface area contributed by atoms with Gasteiger partial charge < -0.3 is 10.2 Å². The highest BCUT2D eigenvalue weighted by atomic mass is 16.2. The summed E-state index contributed by atoms with van der Waals surface area (Å²) < 4.78 is 0. The fourth-order valence-corrected chi connectivity index (χ4v) is 4.90. The van der Waals surface area contributed by atoms with Gasteiger partial charge in [0.1, 0.15) is 0 Å². The Morgan fingerprint density at radius 3 is 2.62 bits per heavy atom. The van der Waals surface area contributed by atoms with Gasteiger partial charge in [-0.3, -0.25) is 9.78 Å². The van der Waals surface area contributed by atoms with Gasteiger partial charge in [-0.15, -0.1) is 0 Å². The molecule has 1 N–H and O–H groups in total. The Morgan fingerprint density at radius 1 is 1.00 bits per heavy atom. The first kappa shape index (κ1) is 20.3. The first-order valence-corrected chi connectivity index (χ1v) is 11.1. The Hall–Kier alpha value is -3.66. The second-order valence-corrected chi connectivity index (χ2v) is 8.69. The number of pyridine rings is 1. The van der Waals surface area contributed by atoms with E-state index in [0.29, 0.717) is 0 Å². The van der Waals surface area contributed by atoms with Crippen LogP contribution in [0.25, 0.3) is 22.0 Å². The van der Waals surface area contributed by atoms with Crippen LogP contribution in [-0.4, -0.2) is 16.9 Å². The van der Waals surface area contributed by atoms with Crippen LogP contribution in [0.2, 0.25) is 0 Å². The fourth-order valence-electron chi connectivity index (χ4n) is 4.90. The quantitative estimate of drug-likeness (QED) is 0.410. The highest BCUT2D eigenvalue weighted by Crippen LogP contribution is 2.42. The molecule has 0 bridgehead atoms. The molecule has 1 aliphatic heterocycles. The summed E-state index contributed by atoms with van der Waals surface area (Å²) in [5, 5.41) is 4.89. The van der Waals surface area contributed by atoms with Gasteiger partial charge in [0.2, 0.25) is 5.91 Å². The van der Waals surface area contributed by atoms with Crippen molar-refractivity contribution in [3.8, 4) is 11.1 Å². The summed E-state index contributed by atoms with van der Waals surface area (Å²) in [5.74, 6) is 0.0786. The topological polar surface area (TPSA) is 45.2 Å². The number of carbonyl (C=O) groups excluding carboxylic acids is 1. The van der Waals surface area contributed by atoms with Gasteiger partial charge in [-0.25, -0.2) is 0 Å². The van der Waals surface area contributed by atoms with Crippen molar-refractivity contribution in [2.24, 2.45) is 0 Å². The molecule has 4 heteroatoms. The molecular weight excluding hydrogens is 394 g/mol.